The van der Waals surface area contributed by atoms with Gasteiger partial charge in [-0.1, -0.05) is 228 Å². The maximum Gasteiger partial charge on any atom is 0.306 e. The Morgan fingerprint density at radius 2 is 0.836 bits per heavy atom. The summed E-state index contributed by atoms with van der Waals surface area (Å²) in [6.07, 6.45) is 63.8. The first-order valence-electron chi connectivity index (χ1n) is 27.5. The van der Waals surface area contributed by atoms with Crippen LogP contribution in [-0.2, 0) is 28.6 Å². The van der Waals surface area contributed by atoms with E-state index in [0.717, 1.165) is 64.2 Å². The largest absolute Gasteiger partial charge is 0.544 e. The van der Waals surface area contributed by atoms with Gasteiger partial charge in [0.1, 0.15) is 12.6 Å². The smallest absolute Gasteiger partial charge is 0.306 e. The van der Waals surface area contributed by atoms with Gasteiger partial charge in [-0.2, -0.15) is 0 Å². The van der Waals surface area contributed by atoms with Crippen molar-refractivity contribution < 1.29 is 38.2 Å². The van der Waals surface area contributed by atoms with Gasteiger partial charge >= 0.3 is 11.9 Å². The molecule has 2 atom stereocenters. The lowest BCUT2D eigenvalue weighted by molar-refractivity contribution is -0.889. The predicted octanol–water partition coefficient (Wildman–Crippen LogP) is 14.9. The lowest BCUT2D eigenvalue weighted by atomic mass is 10.0. The summed E-state index contributed by atoms with van der Waals surface area (Å²) in [4.78, 5) is 37.1. The zero-order valence-electron chi connectivity index (χ0n) is 44.1. The van der Waals surface area contributed by atoms with Crippen LogP contribution in [0.15, 0.2) is 72.9 Å². The SMILES string of the molecule is CC/C=C/C/C=C/C/C=C/C/C=C/C/C=C/C/C=C/CCCC(=O)OCC(COCCC(C(=O)[O-])[N+](C)(C)C)OC(=O)CCCCCCCCCCCCCCCCCCCCCCCCC. The van der Waals surface area contributed by atoms with E-state index in [0.29, 0.717) is 12.8 Å². The van der Waals surface area contributed by atoms with Gasteiger partial charge in [0.05, 0.1) is 40.3 Å². The van der Waals surface area contributed by atoms with E-state index in [-0.39, 0.29) is 49.1 Å². The zero-order chi connectivity index (χ0) is 49.2. The Kier molecular flexibility index (Phi) is 46.8. The lowest BCUT2D eigenvalue weighted by Gasteiger charge is -2.34. The minimum atomic E-state index is -1.13. The number of rotatable bonds is 49. The summed E-state index contributed by atoms with van der Waals surface area (Å²) in [5.41, 5.74) is 0. The molecule has 0 fully saturated rings. The summed E-state index contributed by atoms with van der Waals surface area (Å²) in [6.45, 7) is 4.52. The van der Waals surface area contributed by atoms with E-state index in [2.05, 4.69) is 86.8 Å². The fourth-order valence-corrected chi connectivity index (χ4v) is 7.91. The molecular formula is C59H103NO7. The molecule has 386 valence electrons. The van der Waals surface area contributed by atoms with Crippen LogP contribution in [0.3, 0.4) is 0 Å². The number of carbonyl (C=O) groups is 3. The van der Waals surface area contributed by atoms with E-state index < -0.39 is 18.1 Å². The maximum atomic E-state index is 12.8. The third kappa shape index (κ3) is 47.6. The topological polar surface area (TPSA) is 102 Å². The van der Waals surface area contributed by atoms with Crippen molar-refractivity contribution in [1.29, 1.82) is 0 Å². The van der Waals surface area contributed by atoms with E-state index in [4.69, 9.17) is 14.2 Å². The first-order valence-corrected chi connectivity index (χ1v) is 27.5. The van der Waals surface area contributed by atoms with Crippen LogP contribution < -0.4 is 5.11 Å². The van der Waals surface area contributed by atoms with Crippen LogP contribution in [0.4, 0.5) is 0 Å². The van der Waals surface area contributed by atoms with Gasteiger partial charge in [0.25, 0.3) is 0 Å². The van der Waals surface area contributed by atoms with Crippen LogP contribution in [0.1, 0.15) is 232 Å². The summed E-state index contributed by atoms with van der Waals surface area (Å²) < 4.78 is 17.2. The maximum absolute atomic E-state index is 12.8. The second-order valence-electron chi connectivity index (χ2n) is 19.4. The van der Waals surface area contributed by atoms with E-state index in [1.54, 1.807) is 21.1 Å². The summed E-state index contributed by atoms with van der Waals surface area (Å²) in [5, 5.41) is 11.7. The molecule has 0 amide bonds. The van der Waals surface area contributed by atoms with Gasteiger partial charge in [0.2, 0.25) is 0 Å². The van der Waals surface area contributed by atoms with Crippen LogP contribution in [0.25, 0.3) is 0 Å². The van der Waals surface area contributed by atoms with Crippen molar-refractivity contribution in [3.8, 4) is 0 Å². The van der Waals surface area contributed by atoms with Gasteiger partial charge < -0.3 is 28.6 Å². The molecule has 0 aliphatic heterocycles. The molecule has 0 aliphatic carbocycles. The minimum absolute atomic E-state index is 0.0217. The number of ether oxygens (including phenoxy) is 3. The van der Waals surface area contributed by atoms with Crippen molar-refractivity contribution in [2.45, 2.75) is 244 Å². The van der Waals surface area contributed by atoms with Crippen molar-refractivity contribution >= 4 is 17.9 Å². The van der Waals surface area contributed by atoms with Crippen LogP contribution in [0.5, 0.6) is 0 Å². The Morgan fingerprint density at radius 3 is 1.22 bits per heavy atom. The number of hydrogen-bond acceptors (Lipinski definition) is 7. The number of likely N-dealkylation sites (N-methyl/N-ethyl adjacent to an activating group) is 1. The molecule has 0 rings (SSSR count). The average molecular weight is 938 g/mol. The lowest BCUT2D eigenvalue weighted by Crippen LogP contribution is -2.55. The van der Waals surface area contributed by atoms with Gasteiger partial charge in [-0.15, -0.1) is 0 Å². The number of carboxylic acids is 1. The highest BCUT2D eigenvalue weighted by atomic mass is 16.6. The Labute approximate surface area is 412 Å². The highest BCUT2D eigenvalue weighted by molar-refractivity contribution is 5.70. The van der Waals surface area contributed by atoms with E-state index in [1.165, 1.54) is 128 Å². The molecule has 0 saturated carbocycles. The monoisotopic (exact) mass is 938 g/mol. The number of allylic oxidation sites excluding steroid dienone is 12. The van der Waals surface area contributed by atoms with Crippen LogP contribution in [0, 0.1) is 0 Å². The van der Waals surface area contributed by atoms with E-state index in [1.807, 2.05) is 0 Å². The number of quaternary nitrogens is 1. The number of carbonyl (C=O) groups excluding carboxylic acids is 3. The molecule has 8 heteroatoms. The summed E-state index contributed by atoms with van der Waals surface area (Å²) in [7, 11) is 5.40. The van der Waals surface area contributed by atoms with Crippen molar-refractivity contribution in [2.75, 3.05) is 41.0 Å². The quantitative estimate of drug-likeness (QED) is 0.0259. The van der Waals surface area contributed by atoms with E-state index in [9.17, 15) is 19.5 Å². The number of hydrogen-bond donors (Lipinski definition) is 0. The van der Waals surface area contributed by atoms with Gasteiger partial charge in [0, 0.05) is 19.3 Å². The van der Waals surface area contributed by atoms with Crippen molar-refractivity contribution in [2.24, 2.45) is 0 Å². The normalized spacial score (nSPS) is 13.4. The van der Waals surface area contributed by atoms with Crippen LogP contribution in [-0.4, -0.2) is 75.5 Å². The van der Waals surface area contributed by atoms with Crippen molar-refractivity contribution in [3.05, 3.63) is 72.9 Å². The molecule has 0 heterocycles. The molecule has 0 spiro atoms. The van der Waals surface area contributed by atoms with Gasteiger partial charge in [-0.05, 0) is 57.8 Å². The fraction of sp³-hybridized carbons (Fsp3) is 0.746. The van der Waals surface area contributed by atoms with Gasteiger partial charge in [-0.25, -0.2) is 0 Å². The predicted molar refractivity (Wildman–Crippen MR) is 282 cm³/mol. The summed E-state index contributed by atoms with van der Waals surface area (Å²) in [5.74, 6) is -1.80. The van der Waals surface area contributed by atoms with Crippen LogP contribution >= 0.6 is 0 Å². The zero-order valence-corrected chi connectivity index (χ0v) is 44.1. The highest BCUT2D eigenvalue weighted by Crippen LogP contribution is 2.16. The van der Waals surface area contributed by atoms with E-state index >= 15 is 0 Å². The number of unbranched alkanes of at least 4 members (excludes halogenated alkanes) is 23. The number of esters is 2. The molecule has 0 radical (unpaired) electrons. The van der Waals surface area contributed by atoms with Gasteiger partial charge in [0.15, 0.2) is 6.10 Å². The molecule has 0 N–H and O–H groups in total. The number of carboxylic acid groups (broad SMARTS) is 1. The molecule has 0 aromatic heterocycles. The van der Waals surface area contributed by atoms with Crippen molar-refractivity contribution in [1.82, 2.24) is 0 Å². The Bertz CT molecular complexity index is 1320. The van der Waals surface area contributed by atoms with Crippen LogP contribution in [0.2, 0.25) is 0 Å². The molecule has 0 aliphatic rings. The third-order valence-corrected chi connectivity index (χ3v) is 12.1. The Balaban J connectivity index is 4.27. The molecule has 8 nitrogen and oxygen atoms in total. The molecular weight excluding hydrogens is 835 g/mol. The third-order valence-electron chi connectivity index (χ3n) is 12.1. The van der Waals surface area contributed by atoms with Crippen molar-refractivity contribution in [3.63, 3.8) is 0 Å². The average Bonchev–Trinajstić information content (AvgIpc) is 3.29. The summed E-state index contributed by atoms with van der Waals surface area (Å²) in [6, 6.07) is -0.737. The molecule has 0 saturated heterocycles. The second kappa shape index (κ2) is 49.2. The highest BCUT2D eigenvalue weighted by Gasteiger charge is 2.25. The Hall–Kier alpha value is -3.23. The standard InChI is InChI=1S/C59H103NO7/c1-6-8-10-12-14-16-18-20-22-24-26-28-29-30-32-34-36-38-40-42-44-46-48-50-58(62)67-55(53-65-52-51-56(59(63)64)60(3,4)5)54-66-57(61)49-47-45-43-41-39-37-35-33-31-27-25-23-21-19-17-15-13-11-9-7-2/h9,11,15,17,21,23,27,31,35,37,41,43,55-56H,6-8,10,12-14,16,18-20,22,24-26,28-30,32-34,36,38-40,42,44-54H2,1-5H3/b11-9+,17-15+,23-21+,31-27+,37-35+,43-41+. The fourth-order valence-electron chi connectivity index (χ4n) is 7.91. The Morgan fingerprint density at radius 1 is 0.463 bits per heavy atom. The molecule has 67 heavy (non-hydrogen) atoms. The second-order valence-corrected chi connectivity index (χ2v) is 19.4. The molecule has 0 aromatic carbocycles. The first-order chi connectivity index (χ1) is 32.6. The minimum Gasteiger partial charge on any atom is -0.544 e. The molecule has 2 unspecified atom stereocenters. The number of nitrogens with zero attached hydrogens (tertiary/aromatic N) is 1. The first kappa shape index (κ1) is 63.8. The number of aliphatic carboxylic acids is 1. The molecule has 0 aromatic rings. The summed E-state index contributed by atoms with van der Waals surface area (Å²) >= 11 is 0. The molecule has 0 bridgehead atoms. The van der Waals surface area contributed by atoms with Gasteiger partial charge in [-0.3, -0.25) is 9.59 Å².